The molecule has 4 nitrogen and oxygen atoms in total. The summed E-state index contributed by atoms with van der Waals surface area (Å²) in [4.78, 5) is 26.7. The maximum absolute atomic E-state index is 12.8. The number of imide groups is 1. The Kier molecular flexibility index (Phi) is 12.0. The first-order valence-corrected chi connectivity index (χ1v) is 13.1. The molecule has 32 heavy (non-hydrogen) atoms. The van der Waals surface area contributed by atoms with E-state index >= 15 is 0 Å². The molecular weight excluding hydrogens is 396 g/mol. The predicted molar refractivity (Wildman–Crippen MR) is 133 cm³/mol. The Bertz CT molecular complexity index is 671. The van der Waals surface area contributed by atoms with E-state index in [0.29, 0.717) is 13.0 Å². The van der Waals surface area contributed by atoms with Gasteiger partial charge in [0.2, 0.25) is 11.8 Å². The van der Waals surface area contributed by atoms with Crippen molar-refractivity contribution < 1.29 is 14.1 Å². The Labute approximate surface area is 197 Å². The van der Waals surface area contributed by atoms with Gasteiger partial charge in [0.05, 0.1) is 20.6 Å². The third-order valence-corrected chi connectivity index (χ3v) is 6.84. The number of carbonyl (C=O) groups is 2. The minimum Gasteiger partial charge on any atom is -0.325 e. The molecule has 1 fully saturated rings. The summed E-state index contributed by atoms with van der Waals surface area (Å²) in [5, 5.41) is 0. The van der Waals surface area contributed by atoms with Crippen LogP contribution in [0, 0.1) is 5.92 Å². The van der Waals surface area contributed by atoms with Gasteiger partial charge in [0.25, 0.3) is 0 Å². The summed E-state index contributed by atoms with van der Waals surface area (Å²) in [6.45, 7) is 4.75. The van der Waals surface area contributed by atoms with Gasteiger partial charge < -0.3 is 4.48 Å². The molecule has 1 aliphatic heterocycles. The van der Waals surface area contributed by atoms with E-state index in [1.807, 2.05) is 6.07 Å². The fraction of sp³-hybridized carbons (Fsp3) is 0.714. The molecule has 4 heteroatoms. The Morgan fingerprint density at radius 1 is 0.844 bits per heavy atom. The van der Waals surface area contributed by atoms with Gasteiger partial charge in [-0.3, -0.25) is 14.5 Å². The molecule has 2 amide bonds. The third-order valence-electron chi connectivity index (χ3n) is 6.84. The molecule has 1 heterocycles. The lowest BCUT2D eigenvalue weighted by molar-refractivity contribution is -0.903. The van der Waals surface area contributed by atoms with Gasteiger partial charge in [-0.15, -0.1) is 0 Å². The van der Waals surface area contributed by atoms with Crippen molar-refractivity contribution in [2.24, 2.45) is 5.92 Å². The fourth-order valence-corrected chi connectivity index (χ4v) is 4.90. The first kappa shape index (κ1) is 26.6. The normalized spacial score (nSPS) is 16.8. The smallest absolute Gasteiger partial charge is 0.232 e. The average Bonchev–Trinajstić information content (AvgIpc) is 3.03. The van der Waals surface area contributed by atoms with Crippen molar-refractivity contribution in [1.29, 1.82) is 0 Å². The summed E-state index contributed by atoms with van der Waals surface area (Å²) in [6, 6.07) is 10.5. The van der Waals surface area contributed by atoms with Crippen LogP contribution in [0.1, 0.15) is 96.0 Å². The molecule has 1 saturated heterocycles. The van der Waals surface area contributed by atoms with Crippen molar-refractivity contribution in [3.8, 4) is 0 Å². The van der Waals surface area contributed by atoms with Crippen molar-refractivity contribution in [2.45, 2.75) is 96.9 Å². The van der Waals surface area contributed by atoms with E-state index in [4.69, 9.17) is 0 Å². The second-order valence-electron chi connectivity index (χ2n) is 10.4. The number of benzene rings is 1. The van der Waals surface area contributed by atoms with Crippen molar-refractivity contribution in [2.75, 3.05) is 27.2 Å². The van der Waals surface area contributed by atoms with E-state index in [1.165, 1.54) is 63.4 Å². The largest absolute Gasteiger partial charge is 0.325 e. The number of unbranched alkanes of at least 4 members (excludes halogenated alkanes) is 9. The number of amides is 2. The van der Waals surface area contributed by atoms with Gasteiger partial charge in [-0.25, -0.2) is 0 Å². The van der Waals surface area contributed by atoms with Crippen LogP contribution in [0.3, 0.4) is 0 Å². The lowest BCUT2D eigenvalue weighted by Crippen LogP contribution is -2.41. The summed E-state index contributed by atoms with van der Waals surface area (Å²) in [5.74, 6) is 0.0584. The first-order chi connectivity index (χ1) is 15.4. The van der Waals surface area contributed by atoms with Crippen LogP contribution in [-0.2, 0) is 16.1 Å². The van der Waals surface area contributed by atoms with Gasteiger partial charge in [0.15, 0.2) is 0 Å². The fourth-order valence-electron chi connectivity index (χ4n) is 4.90. The molecule has 1 aliphatic rings. The Morgan fingerprint density at radius 3 is 2.06 bits per heavy atom. The zero-order chi connectivity index (χ0) is 23.2. The number of hydrogen-bond donors (Lipinski definition) is 0. The molecule has 2 rings (SSSR count). The first-order valence-electron chi connectivity index (χ1n) is 13.1. The van der Waals surface area contributed by atoms with Crippen molar-refractivity contribution in [1.82, 2.24) is 4.90 Å². The van der Waals surface area contributed by atoms with Crippen LogP contribution < -0.4 is 0 Å². The van der Waals surface area contributed by atoms with Crippen LogP contribution in [-0.4, -0.2) is 48.4 Å². The number of carbonyl (C=O) groups excluding carboxylic acids is 2. The van der Waals surface area contributed by atoms with E-state index in [9.17, 15) is 9.59 Å². The number of rotatable bonds is 17. The zero-order valence-electron chi connectivity index (χ0n) is 21.0. The molecule has 1 aromatic carbocycles. The van der Waals surface area contributed by atoms with Gasteiger partial charge in [-0.2, -0.15) is 0 Å². The van der Waals surface area contributed by atoms with E-state index in [2.05, 4.69) is 45.3 Å². The standard InChI is InChI=1S/C28H47N2O2/c1-4-5-6-7-8-9-10-11-12-16-20-26-23-27(31)29(28(26)32)21-17-22-30(2,3)24-25-18-14-13-15-19-25/h13-15,18-19,26H,4-12,16-17,20-24H2,1-3H3/q+1. The molecule has 0 saturated carbocycles. The molecular formula is C28H47N2O2+. The summed E-state index contributed by atoms with van der Waals surface area (Å²) in [6.07, 6.45) is 15.2. The Morgan fingerprint density at radius 2 is 1.44 bits per heavy atom. The maximum Gasteiger partial charge on any atom is 0.232 e. The number of likely N-dealkylation sites (tertiary alicyclic amines) is 1. The highest BCUT2D eigenvalue weighted by atomic mass is 16.2. The van der Waals surface area contributed by atoms with Gasteiger partial charge in [0.1, 0.15) is 6.54 Å². The minimum atomic E-state index is -0.0663. The number of quaternary nitrogens is 1. The van der Waals surface area contributed by atoms with Crippen molar-refractivity contribution in [3.63, 3.8) is 0 Å². The van der Waals surface area contributed by atoms with E-state index in [1.54, 1.807) is 4.90 Å². The zero-order valence-corrected chi connectivity index (χ0v) is 21.0. The second-order valence-corrected chi connectivity index (χ2v) is 10.4. The molecule has 0 bridgehead atoms. The second kappa shape index (κ2) is 14.5. The molecule has 0 spiro atoms. The van der Waals surface area contributed by atoms with Gasteiger partial charge in [-0.1, -0.05) is 101 Å². The summed E-state index contributed by atoms with van der Waals surface area (Å²) >= 11 is 0. The SMILES string of the molecule is CCCCCCCCCCCCC1CC(=O)N(CCC[N+](C)(C)Cc2ccccc2)C1=O. The molecule has 1 atom stereocenters. The average molecular weight is 444 g/mol. The highest BCUT2D eigenvalue weighted by molar-refractivity contribution is 6.03. The van der Waals surface area contributed by atoms with Gasteiger partial charge >= 0.3 is 0 Å². The van der Waals surface area contributed by atoms with Crippen LogP contribution >= 0.6 is 0 Å². The van der Waals surface area contributed by atoms with Crippen LogP contribution in [0.5, 0.6) is 0 Å². The van der Waals surface area contributed by atoms with E-state index in [-0.39, 0.29) is 17.7 Å². The Balaban J connectivity index is 1.59. The topological polar surface area (TPSA) is 37.4 Å². The highest BCUT2D eigenvalue weighted by Crippen LogP contribution is 2.25. The minimum absolute atomic E-state index is 0.0421. The Hall–Kier alpha value is -1.68. The summed E-state index contributed by atoms with van der Waals surface area (Å²) in [5.41, 5.74) is 1.32. The van der Waals surface area contributed by atoms with Gasteiger partial charge in [0, 0.05) is 30.9 Å². The summed E-state index contributed by atoms with van der Waals surface area (Å²) < 4.78 is 0.863. The lowest BCUT2D eigenvalue weighted by Gasteiger charge is -2.30. The third kappa shape index (κ3) is 9.85. The molecule has 0 aliphatic carbocycles. The molecule has 0 radical (unpaired) electrons. The lowest BCUT2D eigenvalue weighted by atomic mass is 9.98. The number of hydrogen-bond acceptors (Lipinski definition) is 2. The number of nitrogens with zero attached hydrogens (tertiary/aromatic N) is 2. The monoisotopic (exact) mass is 443 g/mol. The summed E-state index contributed by atoms with van der Waals surface area (Å²) in [7, 11) is 4.43. The van der Waals surface area contributed by atoms with Crippen LogP contribution in [0.25, 0.3) is 0 Å². The van der Waals surface area contributed by atoms with Crippen LogP contribution in [0.2, 0.25) is 0 Å². The molecule has 0 N–H and O–H groups in total. The van der Waals surface area contributed by atoms with E-state index < -0.39 is 0 Å². The van der Waals surface area contributed by atoms with Gasteiger partial charge in [-0.05, 0) is 6.42 Å². The maximum atomic E-state index is 12.8. The van der Waals surface area contributed by atoms with Crippen LogP contribution in [0.4, 0.5) is 0 Å². The van der Waals surface area contributed by atoms with E-state index in [0.717, 1.165) is 36.8 Å². The molecule has 180 valence electrons. The quantitative estimate of drug-likeness (QED) is 0.160. The highest BCUT2D eigenvalue weighted by Gasteiger charge is 2.37. The molecule has 0 aromatic heterocycles. The van der Waals surface area contributed by atoms with Crippen LogP contribution in [0.15, 0.2) is 30.3 Å². The van der Waals surface area contributed by atoms with Crippen molar-refractivity contribution >= 4 is 11.8 Å². The molecule has 1 aromatic rings. The predicted octanol–water partition coefficient (Wildman–Crippen LogP) is 6.34. The molecule has 1 unspecified atom stereocenters. The van der Waals surface area contributed by atoms with Crippen molar-refractivity contribution in [3.05, 3.63) is 35.9 Å².